The number of hydrogen-bond donors (Lipinski definition) is 2. The molecule has 4 nitrogen and oxygen atoms in total. The monoisotopic (exact) mass is 130 g/mol. The summed E-state index contributed by atoms with van der Waals surface area (Å²) in [6.07, 6.45) is 0.915. The molecule has 0 spiro atoms. The van der Waals surface area contributed by atoms with Gasteiger partial charge in [0.25, 0.3) is 0 Å². The normalized spacial score (nSPS) is 8.11. The predicted octanol–water partition coefficient (Wildman–Crippen LogP) is -1.13. The van der Waals surface area contributed by atoms with Crippen molar-refractivity contribution < 1.29 is 9.59 Å². The molecule has 4 heteroatoms. The quantitative estimate of drug-likeness (QED) is 0.373. The van der Waals surface area contributed by atoms with Crippen LogP contribution in [0, 0.1) is 0 Å². The molecular formula is C5H10N2O2. The van der Waals surface area contributed by atoms with E-state index in [4.69, 9.17) is 0 Å². The average molecular weight is 130 g/mol. The van der Waals surface area contributed by atoms with Gasteiger partial charge in [-0.2, -0.15) is 0 Å². The first-order chi connectivity index (χ1) is 4.31. The summed E-state index contributed by atoms with van der Waals surface area (Å²) in [5, 5.41) is 4.80. The summed E-state index contributed by atoms with van der Waals surface area (Å²) in [5.74, 6) is -0.0654. The third-order valence-corrected chi connectivity index (χ3v) is 0.859. The Hall–Kier alpha value is -1.06. The van der Waals surface area contributed by atoms with E-state index in [0.717, 1.165) is 0 Å². The summed E-state index contributed by atoms with van der Waals surface area (Å²) < 4.78 is 0. The summed E-state index contributed by atoms with van der Waals surface area (Å²) in [6.45, 7) is 0.406. The second-order valence-corrected chi connectivity index (χ2v) is 1.50. The van der Waals surface area contributed by atoms with Crippen LogP contribution in [-0.2, 0) is 9.59 Å². The largest absolute Gasteiger partial charge is 0.359 e. The number of nitrogens with one attached hydrogen (secondary N) is 2. The molecule has 0 aromatic heterocycles. The number of carbonyl (C=O) groups is 2. The molecular weight excluding hydrogens is 120 g/mol. The van der Waals surface area contributed by atoms with Crippen molar-refractivity contribution in [2.75, 3.05) is 13.6 Å². The smallest absolute Gasteiger partial charge is 0.221 e. The molecule has 0 aliphatic heterocycles. The van der Waals surface area contributed by atoms with Crippen LogP contribution in [0.4, 0.5) is 0 Å². The van der Waals surface area contributed by atoms with E-state index in [1.165, 1.54) is 0 Å². The van der Waals surface area contributed by atoms with E-state index < -0.39 is 0 Å². The molecule has 2 N–H and O–H groups in total. The van der Waals surface area contributed by atoms with E-state index >= 15 is 0 Å². The van der Waals surface area contributed by atoms with Gasteiger partial charge in [0, 0.05) is 20.0 Å². The molecule has 0 unspecified atom stereocenters. The summed E-state index contributed by atoms with van der Waals surface area (Å²) in [7, 11) is 1.56. The number of amides is 2. The topological polar surface area (TPSA) is 58.2 Å². The Kier molecular flexibility index (Phi) is 4.49. The summed E-state index contributed by atoms with van der Waals surface area (Å²) >= 11 is 0. The van der Waals surface area contributed by atoms with Gasteiger partial charge < -0.3 is 10.6 Å². The maximum absolute atomic E-state index is 10.4. The molecule has 52 valence electrons. The van der Waals surface area contributed by atoms with Gasteiger partial charge in [-0.15, -0.1) is 0 Å². The fourth-order valence-electron chi connectivity index (χ4n) is 0.370. The zero-order valence-electron chi connectivity index (χ0n) is 5.31. The second-order valence-electron chi connectivity index (χ2n) is 1.50. The molecule has 0 aromatic rings. The number of hydrogen-bond acceptors (Lipinski definition) is 2. The molecule has 2 amide bonds. The van der Waals surface area contributed by atoms with Crippen molar-refractivity contribution in [1.29, 1.82) is 0 Å². The molecule has 0 fully saturated rings. The van der Waals surface area contributed by atoms with Gasteiger partial charge in [-0.25, -0.2) is 0 Å². The molecule has 0 saturated carbocycles. The van der Waals surface area contributed by atoms with E-state index in [2.05, 4.69) is 10.6 Å². The molecule has 0 radical (unpaired) electrons. The predicted molar refractivity (Wildman–Crippen MR) is 32.8 cm³/mol. The second kappa shape index (κ2) is 5.08. The Bertz CT molecular complexity index is 103. The van der Waals surface area contributed by atoms with Gasteiger partial charge >= 0.3 is 0 Å². The highest BCUT2D eigenvalue weighted by molar-refractivity contribution is 5.75. The van der Waals surface area contributed by atoms with Gasteiger partial charge in [0.1, 0.15) is 0 Å². The van der Waals surface area contributed by atoms with Crippen molar-refractivity contribution in [3.8, 4) is 0 Å². The summed E-state index contributed by atoms with van der Waals surface area (Å²) in [4.78, 5) is 20.1. The Morgan fingerprint density at radius 3 is 2.78 bits per heavy atom. The first-order valence-corrected chi connectivity index (χ1v) is 2.69. The van der Waals surface area contributed by atoms with Crippen LogP contribution in [0.25, 0.3) is 0 Å². The summed E-state index contributed by atoms with van der Waals surface area (Å²) in [5.41, 5.74) is 0. The van der Waals surface area contributed by atoms with Crippen LogP contribution in [0.3, 0.4) is 0 Å². The molecule has 0 rings (SSSR count). The zero-order chi connectivity index (χ0) is 7.11. The molecule has 9 heavy (non-hydrogen) atoms. The molecule has 0 aromatic carbocycles. The maximum Gasteiger partial charge on any atom is 0.221 e. The Morgan fingerprint density at radius 2 is 2.33 bits per heavy atom. The van der Waals surface area contributed by atoms with E-state index in [-0.39, 0.29) is 5.91 Å². The van der Waals surface area contributed by atoms with Crippen molar-refractivity contribution in [2.24, 2.45) is 0 Å². The molecule has 0 aliphatic rings. The lowest BCUT2D eigenvalue weighted by atomic mass is 10.4. The third-order valence-electron chi connectivity index (χ3n) is 0.859. The molecule has 0 aliphatic carbocycles. The lowest BCUT2D eigenvalue weighted by molar-refractivity contribution is -0.120. The minimum atomic E-state index is -0.0654. The SMILES string of the molecule is CNC(=O)CCNC=O. The van der Waals surface area contributed by atoms with Gasteiger partial charge in [-0.1, -0.05) is 0 Å². The highest BCUT2D eigenvalue weighted by atomic mass is 16.1. The average Bonchev–Trinajstić information content (AvgIpc) is 1.89. The fourth-order valence-corrected chi connectivity index (χ4v) is 0.370. The minimum Gasteiger partial charge on any atom is -0.359 e. The lowest BCUT2D eigenvalue weighted by Crippen LogP contribution is -2.23. The van der Waals surface area contributed by atoms with E-state index in [0.29, 0.717) is 19.4 Å². The Labute approximate surface area is 53.6 Å². The van der Waals surface area contributed by atoms with Crippen molar-refractivity contribution >= 4 is 12.3 Å². The van der Waals surface area contributed by atoms with Crippen molar-refractivity contribution in [3.63, 3.8) is 0 Å². The van der Waals surface area contributed by atoms with Gasteiger partial charge in [0.15, 0.2) is 0 Å². The highest BCUT2D eigenvalue weighted by Crippen LogP contribution is 1.71. The molecule has 0 atom stereocenters. The maximum atomic E-state index is 10.4. The van der Waals surface area contributed by atoms with Gasteiger partial charge in [0.2, 0.25) is 12.3 Å². The van der Waals surface area contributed by atoms with Crippen LogP contribution in [0.2, 0.25) is 0 Å². The zero-order valence-corrected chi connectivity index (χ0v) is 5.31. The minimum absolute atomic E-state index is 0.0654. The van der Waals surface area contributed by atoms with E-state index in [9.17, 15) is 9.59 Å². The van der Waals surface area contributed by atoms with Crippen LogP contribution >= 0.6 is 0 Å². The lowest BCUT2D eigenvalue weighted by Gasteiger charge is -1.96. The standard InChI is InChI=1S/C5H10N2O2/c1-6-5(9)2-3-7-4-8/h4H,2-3H2,1H3,(H,6,9)(H,7,8). The summed E-state index contributed by atoms with van der Waals surface area (Å²) in [6, 6.07) is 0. The van der Waals surface area contributed by atoms with Crippen molar-refractivity contribution in [2.45, 2.75) is 6.42 Å². The molecule has 0 heterocycles. The van der Waals surface area contributed by atoms with Gasteiger partial charge in [-0.3, -0.25) is 9.59 Å². The van der Waals surface area contributed by atoms with Crippen molar-refractivity contribution in [1.82, 2.24) is 10.6 Å². The fraction of sp³-hybridized carbons (Fsp3) is 0.600. The Balaban J connectivity index is 3.06. The Morgan fingerprint density at radius 1 is 1.67 bits per heavy atom. The molecule has 0 saturated heterocycles. The van der Waals surface area contributed by atoms with E-state index in [1.807, 2.05) is 0 Å². The van der Waals surface area contributed by atoms with Gasteiger partial charge in [-0.05, 0) is 0 Å². The highest BCUT2D eigenvalue weighted by Gasteiger charge is 1.93. The van der Waals surface area contributed by atoms with Crippen LogP contribution in [0.5, 0.6) is 0 Å². The van der Waals surface area contributed by atoms with Crippen LogP contribution in [0.15, 0.2) is 0 Å². The van der Waals surface area contributed by atoms with Crippen LogP contribution in [-0.4, -0.2) is 25.9 Å². The van der Waals surface area contributed by atoms with Crippen molar-refractivity contribution in [3.05, 3.63) is 0 Å². The van der Waals surface area contributed by atoms with Crippen LogP contribution in [0.1, 0.15) is 6.42 Å². The van der Waals surface area contributed by atoms with Crippen LogP contribution < -0.4 is 10.6 Å². The molecule has 0 bridgehead atoms. The first kappa shape index (κ1) is 7.94. The third kappa shape index (κ3) is 4.80. The van der Waals surface area contributed by atoms with Gasteiger partial charge in [0.05, 0.1) is 0 Å². The first-order valence-electron chi connectivity index (χ1n) is 2.69. The number of carbonyl (C=O) groups excluding carboxylic acids is 2. The van der Waals surface area contributed by atoms with E-state index in [1.54, 1.807) is 7.05 Å². The number of rotatable bonds is 4.